The van der Waals surface area contributed by atoms with E-state index in [1.165, 1.54) is 16.4 Å². The summed E-state index contributed by atoms with van der Waals surface area (Å²) >= 11 is 0. The van der Waals surface area contributed by atoms with Gasteiger partial charge in [0.2, 0.25) is 0 Å². The smallest absolute Gasteiger partial charge is 0.150 e. The zero-order valence-corrected chi connectivity index (χ0v) is 14.7. The van der Waals surface area contributed by atoms with E-state index in [1.54, 1.807) is 7.11 Å². The summed E-state index contributed by atoms with van der Waals surface area (Å²) in [6.45, 7) is 2.16. The molecule has 3 rings (SSSR count). The van der Waals surface area contributed by atoms with Gasteiger partial charge in [0.25, 0.3) is 0 Å². The predicted molar refractivity (Wildman–Crippen MR) is 103 cm³/mol. The first-order chi connectivity index (χ1) is 11.7. The number of hydrogen-bond acceptors (Lipinski definition) is 2. The number of methoxy groups -OCH3 is 1. The fourth-order valence-electron chi connectivity index (χ4n) is 2.69. The Morgan fingerprint density at radius 3 is 1.79 bits per heavy atom. The normalized spacial score (nSPS) is 10.9. The maximum atomic E-state index is 10.7. The topological polar surface area (TPSA) is 26.3 Å². The van der Waals surface area contributed by atoms with Crippen molar-refractivity contribution in [2.75, 3.05) is 13.8 Å². The van der Waals surface area contributed by atoms with Gasteiger partial charge in [-0.15, -0.1) is 0 Å². The summed E-state index contributed by atoms with van der Waals surface area (Å²) in [7, 11) is 2.41. The first-order valence-corrected chi connectivity index (χ1v) is 9.27. The second-order valence-corrected chi connectivity index (χ2v) is 6.52. The lowest BCUT2D eigenvalue weighted by Gasteiger charge is -2.10. The van der Waals surface area contributed by atoms with Crippen LogP contribution in [0.1, 0.15) is 10.4 Å². The van der Waals surface area contributed by atoms with E-state index in [1.807, 2.05) is 30.3 Å². The van der Waals surface area contributed by atoms with Crippen molar-refractivity contribution in [1.82, 2.24) is 0 Å². The molecule has 3 aromatic carbocycles. The molecule has 2 nitrogen and oxygen atoms in total. The Morgan fingerprint density at radius 1 is 0.792 bits per heavy atom. The van der Waals surface area contributed by atoms with Gasteiger partial charge in [-0.2, -0.15) is 0 Å². The van der Waals surface area contributed by atoms with E-state index in [-0.39, 0.29) is 0 Å². The number of benzene rings is 3. The molecular weight excluding hydrogens is 315 g/mol. The van der Waals surface area contributed by atoms with Gasteiger partial charge in [-0.25, -0.2) is 0 Å². The molecule has 0 aromatic heterocycles. The highest BCUT2D eigenvalue weighted by molar-refractivity contribution is 7.46. The molecule has 0 amide bonds. The first kappa shape index (κ1) is 16.4. The van der Waals surface area contributed by atoms with Crippen molar-refractivity contribution in [2.45, 2.75) is 0 Å². The van der Waals surface area contributed by atoms with Gasteiger partial charge in [-0.1, -0.05) is 63.2 Å². The van der Waals surface area contributed by atoms with Gasteiger partial charge in [0.05, 0.1) is 7.11 Å². The largest absolute Gasteiger partial charge is 0.496 e. The Kier molecular flexibility index (Phi) is 5.08. The molecule has 120 valence electrons. The number of hydrogen-bond donors (Lipinski definition) is 0. The molecule has 0 spiro atoms. The van der Waals surface area contributed by atoms with Gasteiger partial charge in [0.1, 0.15) is 12.0 Å². The third-order valence-corrected chi connectivity index (χ3v) is 5.00. The van der Waals surface area contributed by atoms with Crippen LogP contribution in [-0.2, 0) is 0 Å². The molecule has 1 unspecified atom stereocenters. The van der Waals surface area contributed by atoms with Gasteiger partial charge in [-0.05, 0) is 41.1 Å². The van der Waals surface area contributed by atoms with Crippen LogP contribution in [0.25, 0.3) is 22.3 Å². The third kappa shape index (κ3) is 3.39. The Labute approximate surface area is 144 Å². The zero-order valence-electron chi connectivity index (χ0n) is 13.7. The Morgan fingerprint density at radius 2 is 1.29 bits per heavy atom. The molecule has 0 bridgehead atoms. The van der Waals surface area contributed by atoms with E-state index in [4.69, 9.17) is 4.74 Å². The maximum Gasteiger partial charge on any atom is 0.150 e. The van der Waals surface area contributed by atoms with Crippen LogP contribution in [0.2, 0.25) is 0 Å². The Balaban J connectivity index is 1.90. The van der Waals surface area contributed by atoms with Crippen LogP contribution in [-0.4, -0.2) is 20.1 Å². The first-order valence-electron chi connectivity index (χ1n) is 7.77. The lowest BCUT2D eigenvalue weighted by Crippen LogP contribution is -2.00. The van der Waals surface area contributed by atoms with E-state index >= 15 is 0 Å². The Hall–Kier alpha value is -2.44. The van der Waals surface area contributed by atoms with Crippen molar-refractivity contribution in [3.63, 3.8) is 0 Å². The standard InChI is InChI=1S/C21H19O2P/c1-23-20-12-11-19(13-21(20)24-2)18-9-7-17(8-10-18)16-5-3-15(14-22)4-6-16/h3-14,24H,1-2H3. The van der Waals surface area contributed by atoms with Gasteiger partial charge in [0.15, 0.2) is 0 Å². The van der Waals surface area contributed by atoms with Gasteiger partial charge < -0.3 is 4.74 Å². The monoisotopic (exact) mass is 334 g/mol. The van der Waals surface area contributed by atoms with Crippen molar-refractivity contribution in [3.05, 3.63) is 72.3 Å². The van der Waals surface area contributed by atoms with Crippen LogP contribution in [0.15, 0.2) is 66.7 Å². The van der Waals surface area contributed by atoms with Crippen LogP contribution >= 0.6 is 8.58 Å². The molecule has 3 aromatic rings. The summed E-state index contributed by atoms with van der Waals surface area (Å²) in [4.78, 5) is 10.7. The van der Waals surface area contributed by atoms with E-state index < -0.39 is 0 Å². The Bertz CT molecular complexity index is 837. The van der Waals surface area contributed by atoms with Crippen LogP contribution in [0.5, 0.6) is 5.75 Å². The zero-order chi connectivity index (χ0) is 16.9. The van der Waals surface area contributed by atoms with Crippen molar-refractivity contribution in [3.8, 4) is 28.0 Å². The second-order valence-electron chi connectivity index (χ2n) is 5.48. The third-order valence-electron chi connectivity index (χ3n) is 4.07. The molecule has 0 aliphatic rings. The molecule has 0 saturated carbocycles. The predicted octanol–water partition coefficient (Wildman–Crippen LogP) is 4.78. The highest BCUT2D eigenvalue weighted by Crippen LogP contribution is 2.27. The van der Waals surface area contributed by atoms with Crippen molar-refractivity contribution >= 4 is 20.2 Å². The minimum Gasteiger partial charge on any atom is -0.496 e. The highest BCUT2D eigenvalue weighted by atomic mass is 31.1. The average Bonchev–Trinajstić information content (AvgIpc) is 2.67. The molecular formula is C21H19O2P. The summed E-state index contributed by atoms with van der Waals surface area (Å²) in [5, 5.41) is 1.24. The molecule has 0 fully saturated rings. The number of ether oxygens (including phenoxy) is 1. The van der Waals surface area contributed by atoms with E-state index in [0.29, 0.717) is 14.1 Å². The fourth-order valence-corrected chi connectivity index (χ4v) is 3.42. The van der Waals surface area contributed by atoms with Crippen LogP contribution < -0.4 is 10.0 Å². The molecule has 0 saturated heterocycles. The van der Waals surface area contributed by atoms with Gasteiger partial charge in [0, 0.05) is 10.9 Å². The van der Waals surface area contributed by atoms with Gasteiger partial charge >= 0.3 is 0 Å². The minimum atomic E-state index is 0.696. The molecule has 0 heterocycles. The summed E-state index contributed by atoms with van der Waals surface area (Å²) in [5.74, 6) is 0.950. The molecule has 0 aliphatic heterocycles. The number of aldehydes is 1. The summed E-state index contributed by atoms with van der Waals surface area (Å²) in [6.07, 6.45) is 0.864. The molecule has 3 heteroatoms. The highest BCUT2D eigenvalue weighted by Gasteiger charge is 2.05. The fraction of sp³-hybridized carbons (Fsp3) is 0.0952. The molecule has 24 heavy (non-hydrogen) atoms. The summed E-state index contributed by atoms with van der Waals surface area (Å²) < 4.78 is 5.41. The molecule has 0 aliphatic carbocycles. The SMILES string of the molecule is COc1ccc(-c2ccc(-c3ccc(C=O)cc3)cc2)cc1PC. The summed E-state index contributed by atoms with van der Waals surface area (Å²) in [6, 6.07) is 22.5. The van der Waals surface area contributed by atoms with Crippen molar-refractivity contribution in [1.29, 1.82) is 0 Å². The lowest BCUT2D eigenvalue weighted by molar-refractivity contribution is 0.112. The van der Waals surface area contributed by atoms with Crippen LogP contribution in [0.3, 0.4) is 0 Å². The van der Waals surface area contributed by atoms with E-state index in [2.05, 4.69) is 43.1 Å². The second kappa shape index (κ2) is 7.42. The number of rotatable bonds is 5. The lowest BCUT2D eigenvalue weighted by atomic mass is 9.99. The van der Waals surface area contributed by atoms with Crippen molar-refractivity contribution < 1.29 is 9.53 Å². The maximum absolute atomic E-state index is 10.7. The number of carbonyl (C=O) groups is 1. The average molecular weight is 334 g/mol. The van der Waals surface area contributed by atoms with E-state index in [0.717, 1.165) is 23.2 Å². The quantitative estimate of drug-likeness (QED) is 0.496. The van der Waals surface area contributed by atoms with Crippen LogP contribution in [0, 0.1) is 0 Å². The summed E-state index contributed by atoms with van der Waals surface area (Å²) in [5.41, 5.74) is 5.33. The van der Waals surface area contributed by atoms with Crippen LogP contribution in [0.4, 0.5) is 0 Å². The molecule has 0 N–H and O–H groups in total. The minimum absolute atomic E-state index is 0.696. The van der Waals surface area contributed by atoms with E-state index in [9.17, 15) is 4.79 Å². The molecule has 0 radical (unpaired) electrons. The number of carbonyl (C=O) groups excluding carboxylic acids is 1. The van der Waals surface area contributed by atoms with Gasteiger partial charge in [-0.3, -0.25) is 4.79 Å². The van der Waals surface area contributed by atoms with Crippen molar-refractivity contribution in [2.24, 2.45) is 0 Å². The molecule has 1 atom stereocenters.